The highest BCUT2D eigenvalue weighted by Gasteiger charge is 2.28. The summed E-state index contributed by atoms with van der Waals surface area (Å²) in [5.41, 5.74) is 0. The van der Waals surface area contributed by atoms with Crippen molar-refractivity contribution in [3.63, 3.8) is 0 Å². The van der Waals surface area contributed by atoms with E-state index in [-0.39, 0.29) is 0 Å². The second-order valence-electron chi connectivity index (χ2n) is 7.34. The topological polar surface area (TPSA) is 23.8 Å². The molecule has 0 heterocycles. The molecule has 0 aromatic carbocycles. The van der Waals surface area contributed by atoms with Crippen molar-refractivity contribution in [1.29, 1.82) is 5.26 Å². The molecule has 1 heteroatoms. The van der Waals surface area contributed by atoms with Gasteiger partial charge in [0.2, 0.25) is 0 Å². The first-order chi connectivity index (χ1) is 9.83. The van der Waals surface area contributed by atoms with Crippen molar-refractivity contribution in [2.75, 3.05) is 0 Å². The van der Waals surface area contributed by atoms with E-state index in [4.69, 9.17) is 5.26 Å². The van der Waals surface area contributed by atoms with Crippen LogP contribution in [0.4, 0.5) is 0 Å². The average molecular weight is 275 g/mol. The highest BCUT2D eigenvalue weighted by atomic mass is 14.3. The van der Waals surface area contributed by atoms with Gasteiger partial charge in [-0.3, -0.25) is 0 Å². The molecule has 0 aromatic rings. The van der Waals surface area contributed by atoms with Crippen molar-refractivity contribution in [3.8, 4) is 6.07 Å². The summed E-state index contributed by atoms with van der Waals surface area (Å²) in [5.74, 6) is 3.43. The zero-order chi connectivity index (χ0) is 14.2. The molecule has 2 fully saturated rings. The van der Waals surface area contributed by atoms with Crippen molar-refractivity contribution >= 4 is 0 Å². The lowest BCUT2D eigenvalue weighted by Crippen LogP contribution is -2.23. The van der Waals surface area contributed by atoms with Crippen molar-refractivity contribution in [2.24, 2.45) is 23.7 Å². The summed E-state index contributed by atoms with van der Waals surface area (Å²) in [6.45, 7) is 2.14. The molecule has 2 aliphatic carbocycles. The minimum absolute atomic E-state index is 0.313. The highest BCUT2D eigenvalue weighted by Crippen LogP contribution is 2.41. The van der Waals surface area contributed by atoms with E-state index in [0.717, 1.165) is 30.6 Å². The second kappa shape index (κ2) is 8.71. The van der Waals surface area contributed by atoms with Gasteiger partial charge in [-0.2, -0.15) is 5.26 Å². The summed E-state index contributed by atoms with van der Waals surface area (Å²) in [6, 6.07) is 2.44. The van der Waals surface area contributed by atoms with Gasteiger partial charge in [0.15, 0.2) is 0 Å². The van der Waals surface area contributed by atoms with Gasteiger partial charge in [0.1, 0.15) is 0 Å². The van der Waals surface area contributed by atoms with Gasteiger partial charge < -0.3 is 0 Å². The minimum atomic E-state index is 0.313. The predicted octanol–water partition coefficient (Wildman–Crippen LogP) is 6.09. The molecule has 1 nitrogen and oxygen atoms in total. The van der Waals surface area contributed by atoms with E-state index in [9.17, 15) is 0 Å². The van der Waals surface area contributed by atoms with Crippen LogP contribution in [0.5, 0.6) is 0 Å². The molecule has 1 unspecified atom stereocenters. The molecule has 114 valence electrons. The van der Waals surface area contributed by atoms with Crippen molar-refractivity contribution in [1.82, 2.24) is 0 Å². The van der Waals surface area contributed by atoms with E-state index < -0.39 is 0 Å². The molecule has 0 N–H and O–H groups in total. The van der Waals surface area contributed by atoms with Crippen LogP contribution in [0.2, 0.25) is 0 Å². The Kier molecular flexibility index (Phi) is 6.91. The Labute approximate surface area is 126 Å². The fraction of sp³-hybridized carbons (Fsp3) is 0.947. The van der Waals surface area contributed by atoms with Gasteiger partial charge in [0.25, 0.3) is 0 Å². The summed E-state index contributed by atoms with van der Waals surface area (Å²) in [5, 5.41) is 8.99. The molecular formula is C19H33N. The first-order valence-corrected chi connectivity index (χ1v) is 9.23. The fourth-order valence-electron chi connectivity index (χ4n) is 4.57. The third kappa shape index (κ3) is 4.80. The van der Waals surface area contributed by atoms with E-state index >= 15 is 0 Å². The number of hydrogen-bond donors (Lipinski definition) is 0. The predicted molar refractivity (Wildman–Crippen MR) is 85.3 cm³/mol. The van der Waals surface area contributed by atoms with Crippen LogP contribution in [0.15, 0.2) is 0 Å². The lowest BCUT2D eigenvalue weighted by molar-refractivity contribution is 0.162. The SMILES string of the molecule is CCC(C#N)CCCC1CCC(C2CCCCC2)CC1. The van der Waals surface area contributed by atoms with Gasteiger partial charge in [0, 0.05) is 5.92 Å². The van der Waals surface area contributed by atoms with Crippen LogP contribution >= 0.6 is 0 Å². The van der Waals surface area contributed by atoms with Gasteiger partial charge in [-0.1, -0.05) is 64.7 Å². The molecule has 0 bridgehead atoms. The maximum absolute atomic E-state index is 8.99. The summed E-state index contributed by atoms with van der Waals surface area (Å²) in [4.78, 5) is 0. The number of nitrogens with zero attached hydrogens (tertiary/aromatic N) is 1. The first kappa shape index (κ1) is 15.9. The minimum Gasteiger partial charge on any atom is -0.198 e. The molecule has 0 aromatic heterocycles. The molecule has 0 saturated heterocycles. The molecule has 1 atom stereocenters. The Balaban J connectivity index is 1.60. The molecule has 2 rings (SSSR count). The lowest BCUT2D eigenvalue weighted by Gasteiger charge is -2.36. The van der Waals surface area contributed by atoms with Crippen LogP contribution in [0.1, 0.15) is 90.4 Å². The number of hydrogen-bond acceptors (Lipinski definition) is 1. The van der Waals surface area contributed by atoms with Crippen molar-refractivity contribution in [2.45, 2.75) is 90.4 Å². The monoisotopic (exact) mass is 275 g/mol. The summed E-state index contributed by atoms with van der Waals surface area (Å²) in [6.07, 6.45) is 18.3. The Morgan fingerprint density at radius 2 is 1.60 bits per heavy atom. The van der Waals surface area contributed by atoms with Gasteiger partial charge in [-0.15, -0.1) is 0 Å². The largest absolute Gasteiger partial charge is 0.198 e. The van der Waals surface area contributed by atoms with Crippen LogP contribution in [-0.4, -0.2) is 0 Å². The summed E-state index contributed by atoms with van der Waals surface area (Å²) < 4.78 is 0. The van der Waals surface area contributed by atoms with E-state index in [1.807, 2.05) is 0 Å². The third-order valence-electron chi connectivity index (χ3n) is 6.05. The molecule has 0 spiro atoms. The molecule has 0 aliphatic heterocycles. The fourth-order valence-corrected chi connectivity index (χ4v) is 4.57. The van der Waals surface area contributed by atoms with Gasteiger partial charge >= 0.3 is 0 Å². The molecule has 2 saturated carbocycles. The zero-order valence-electron chi connectivity index (χ0n) is 13.4. The summed E-state index contributed by atoms with van der Waals surface area (Å²) in [7, 11) is 0. The Morgan fingerprint density at radius 3 is 2.20 bits per heavy atom. The standard InChI is InChI=1S/C19H33N/c1-2-16(15-20)7-6-8-17-11-13-19(14-12-17)18-9-4-3-5-10-18/h16-19H,2-14H2,1H3. The smallest absolute Gasteiger partial charge is 0.0655 e. The maximum Gasteiger partial charge on any atom is 0.0655 e. The molecular weight excluding hydrogens is 242 g/mol. The second-order valence-corrected chi connectivity index (χ2v) is 7.34. The highest BCUT2D eigenvalue weighted by molar-refractivity contribution is 4.83. The van der Waals surface area contributed by atoms with Crippen LogP contribution < -0.4 is 0 Å². The Morgan fingerprint density at radius 1 is 0.950 bits per heavy atom. The molecule has 20 heavy (non-hydrogen) atoms. The Bertz CT molecular complexity index is 289. The maximum atomic E-state index is 8.99. The van der Waals surface area contributed by atoms with E-state index in [1.165, 1.54) is 70.6 Å². The molecule has 2 aliphatic rings. The van der Waals surface area contributed by atoms with E-state index in [0.29, 0.717) is 5.92 Å². The third-order valence-corrected chi connectivity index (χ3v) is 6.05. The number of nitriles is 1. The van der Waals surface area contributed by atoms with Crippen molar-refractivity contribution in [3.05, 3.63) is 0 Å². The van der Waals surface area contributed by atoms with E-state index in [1.54, 1.807) is 0 Å². The van der Waals surface area contributed by atoms with Crippen LogP contribution in [0.3, 0.4) is 0 Å². The average Bonchev–Trinajstić information content (AvgIpc) is 2.53. The first-order valence-electron chi connectivity index (χ1n) is 9.23. The zero-order valence-corrected chi connectivity index (χ0v) is 13.4. The summed E-state index contributed by atoms with van der Waals surface area (Å²) >= 11 is 0. The van der Waals surface area contributed by atoms with Gasteiger partial charge in [-0.05, 0) is 43.4 Å². The van der Waals surface area contributed by atoms with Gasteiger partial charge in [-0.25, -0.2) is 0 Å². The Hall–Kier alpha value is -0.510. The van der Waals surface area contributed by atoms with Crippen LogP contribution in [0.25, 0.3) is 0 Å². The van der Waals surface area contributed by atoms with Crippen molar-refractivity contribution < 1.29 is 0 Å². The van der Waals surface area contributed by atoms with Gasteiger partial charge in [0.05, 0.1) is 6.07 Å². The molecule has 0 amide bonds. The van der Waals surface area contributed by atoms with Crippen LogP contribution in [-0.2, 0) is 0 Å². The normalized spacial score (nSPS) is 29.8. The van der Waals surface area contributed by atoms with Crippen LogP contribution in [0, 0.1) is 35.0 Å². The quantitative estimate of drug-likeness (QED) is 0.575. The molecule has 0 radical (unpaired) electrons. The van der Waals surface area contributed by atoms with E-state index in [2.05, 4.69) is 13.0 Å². The lowest BCUT2D eigenvalue weighted by atomic mass is 9.70. The number of rotatable bonds is 6.